The zero-order valence-corrected chi connectivity index (χ0v) is 9.95. The van der Waals surface area contributed by atoms with Crippen LogP contribution in [0.15, 0.2) is 17.2 Å². The quantitative estimate of drug-likeness (QED) is 0.470. The smallest absolute Gasteiger partial charge is 0.258 e. The lowest BCUT2D eigenvalue weighted by molar-refractivity contribution is -0.385. The fourth-order valence-corrected chi connectivity index (χ4v) is 2.94. The van der Waals surface area contributed by atoms with E-state index in [2.05, 4.69) is 4.98 Å². The molecule has 8 heteroatoms. The minimum Gasteiger partial charge on any atom is -0.258 e. The molecule has 0 aliphatic carbocycles. The standard InChI is InChI=1S/C8H9ClN2O4S/c1-2-3-16(14,15)7-4-6(11(12)13)5-10-8(7)9/h4-5H,2-3H2,1H3. The number of nitrogens with zero attached hydrogens (tertiary/aromatic N) is 2. The normalized spacial score (nSPS) is 11.4. The second-order valence-corrected chi connectivity index (χ2v) is 5.49. The van der Waals surface area contributed by atoms with Crippen molar-refractivity contribution in [3.63, 3.8) is 0 Å². The number of pyridine rings is 1. The summed E-state index contributed by atoms with van der Waals surface area (Å²) in [5.41, 5.74) is -0.390. The minimum atomic E-state index is -3.60. The zero-order chi connectivity index (χ0) is 12.3. The number of hydrogen-bond acceptors (Lipinski definition) is 5. The van der Waals surface area contributed by atoms with Crippen LogP contribution in [0.25, 0.3) is 0 Å². The molecule has 1 heterocycles. The van der Waals surface area contributed by atoms with Gasteiger partial charge in [-0.3, -0.25) is 10.1 Å². The molecule has 0 atom stereocenters. The number of rotatable bonds is 4. The Morgan fingerprint density at radius 2 is 2.19 bits per heavy atom. The molecule has 0 fully saturated rings. The van der Waals surface area contributed by atoms with E-state index in [4.69, 9.17) is 11.6 Å². The SMILES string of the molecule is CCCS(=O)(=O)c1cc([N+](=O)[O-])cnc1Cl. The predicted molar refractivity (Wildman–Crippen MR) is 58.2 cm³/mol. The molecule has 0 saturated heterocycles. The average molecular weight is 265 g/mol. The number of sulfone groups is 1. The van der Waals surface area contributed by atoms with E-state index in [1.165, 1.54) is 0 Å². The Hall–Kier alpha value is -1.21. The molecule has 88 valence electrons. The van der Waals surface area contributed by atoms with Crippen LogP contribution in [0.2, 0.25) is 5.15 Å². The van der Waals surface area contributed by atoms with Crippen LogP contribution >= 0.6 is 11.6 Å². The second kappa shape index (κ2) is 4.75. The molecule has 0 aliphatic heterocycles. The van der Waals surface area contributed by atoms with Gasteiger partial charge < -0.3 is 0 Å². The van der Waals surface area contributed by atoms with Crippen molar-refractivity contribution in [1.82, 2.24) is 4.98 Å². The molecule has 6 nitrogen and oxygen atoms in total. The Balaban J connectivity index is 3.33. The van der Waals surface area contributed by atoms with E-state index in [1.807, 2.05) is 0 Å². The molecule has 1 aromatic rings. The van der Waals surface area contributed by atoms with Crippen LogP contribution in [0.3, 0.4) is 0 Å². The predicted octanol–water partition coefficient (Wildman–Crippen LogP) is 1.83. The lowest BCUT2D eigenvalue weighted by Crippen LogP contribution is -2.08. The minimum absolute atomic E-state index is 0.116. The molecule has 0 saturated carbocycles. The summed E-state index contributed by atoms with van der Waals surface area (Å²) in [7, 11) is -3.60. The highest BCUT2D eigenvalue weighted by atomic mass is 35.5. The van der Waals surface area contributed by atoms with Gasteiger partial charge in [0.15, 0.2) is 9.84 Å². The summed E-state index contributed by atoms with van der Waals surface area (Å²) >= 11 is 5.61. The van der Waals surface area contributed by atoms with Crippen molar-refractivity contribution in [2.45, 2.75) is 18.2 Å². The molecule has 0 aliphatic rings. The van der Waals surface area contributed by atoms with E-state index in [0.29, 0.717) is 6.42 Å². The maximum absolute atomic E-state index is 11.7. The molecule has 1 rings (SSSR count). The van der Waals surface area contributed by atoms with Crippen LogP contribution in [-0.4, -0.2) is 24.1 Å². The molecule has 0 N–H and O–H groups in total. The fraction of sp³-hybridized carbons (Fsp3) is 0.375. The largest absolute Gasteiger partial charge is 0.288 e. The van der Waals surface area contributed by atoms with Crippen LogP contribution in [0.5, 0.6) is 0 Å². The van der Waals surface area contributed by atoms with Gasteiger partial charge in [0.25, 0.3) is 5.69 Å². The summed E-state index contributed by atoms with van der Waals surface area (Å²) in [5.74, 6) is -0.116. The van der Waals surface area contributed by atoms with Gasteiger partial charge in [0.05, 0.1) is 10.7 Å². The lowest BCUT2D eigenvalue weighted by atomic mass is 10.4. The molecule has 0 spiro atoms. The first-order valence-electron chi connectivity index (χ1n) is 4.41. The Labute approximate surface area is 97.3 Å². The Bertz CT molecular complexity index is 515. The van der Waals surface area contributed by atoms with Crippen molar-refractivity contribution in [1.29, 1.82) is 0 Å². The lowest BCUT2D eigenvalue weighted by Gasteiger charge is -2.03. The van der Waals surface area contributed by atoms with Crippen LogP contribution in [0.4, 0.5) is 5.69 Å². The Morgan fingerprint density at radius 3 is 2.69 bits per heavy atom. The Morgan fingerprint density at radius 1 is 1.56 bits per heavy atom. The highest BCUT2D eigenvalue weighted by Gasteiger charge is 2.21. The second-order valence-electron chi connectivity index (χ2n) is 3.06. The summed E-state index contributed by atoms with van der Waals surface area (Å²) in [4.78, 5) is 13.0. The van der Waals surface area contributed by atoms with Gasteiger partial charge in [-0.05, 0) is 6.42 Å². The van der Waals surface area contributed by atoms with Gasteiger partial charge >= 0.3 is 0 Å². The highest BCUT2D eigenvalue weighted by Crippen LogP contribution is 2.24. The number of aromatic nitrogens is 1. The molecular weight excluding hydrogens is 256 g/mol. The first-order chi connectivity index (χ1) is 7.38. The van der Waals surface area contributed by atoms with Crippen molar-refractivity contribution in [2.24, 2.45) is 0 Å². The molecule has 0 aromatic carbocycles. The highest BCUT2D eigenvalue weighted by molar-refractivity contribution is 7.91. The fourth-order valence-electron chi connectivity index (χ4n) is 1.11. The third-order valence-corrected chi connectivity index (χ3v) is 4.15. The summed E-state index contributed by atoms with van der Waals surface area (Å²) in [6.45, 7) is 1.69. The van der Waals surface area contributed by atoms with Crippen molar-refractivity contribution in [3.8, 4) is 0 Å². The van der Waals surface area contributed by atoms with E-state index in [-0.39, 0.29) is 21.5 Å². The summed E-state index contributed by atoms with van der Waals surface area (Å²) < 4.78 is 23.4. The molecule has 0 unspecified atom stereocenters. The topological polar surface area (TPSA) is 90.2 Å². The van der Waals surface area contributed by atoms with Crippen molar-refractivity contribution >= 4 is 27.1 Å². The van der Waals surface area contributed by atoms with E-state index < -0.39 is 14.8 Å². The maximum atomic E-state index is 11.7. The number of nitro groups is 1. The molecule has 0 radical (unpaired) electrons. The third-order valence-electron chi connectivity index (χ3n) is 1.81. The van der Waals surface area contributed by atoms with Gasteiger partial charge in [0, 0.05) is 6.07 Å². The van der Waals surface area contributed by atoms with Crippen LogP contribution in [-0.2, 0) is 9.84 Å². The Kier molecular flexibility index (Phi) is 3.82. The van der Waals surface area contributed by atoms with Gasteiger partial charge in [-0.2, -0.15) is 0 Å². The van der Waals surface area contributed by atoms with E-state index in [9.17, 15) is 18.5 Å². The molecule has 0 amide bonds. The first kappa shape index (κ1) is 12.9. The monoisotopic (exact) mass is 264 g/mol. The van der Waals surface area contributed by atoms with E-state index in [1.54, 1.807) is 6.92 Å². The van der Waals surface area contributed by atoms with Crippen molar-refractivity contribution in [2.75, 3.05) is 5.75 Å². The summed E-state index contributed by atoms with van der Waals surface area (Å²) in [5, 5.41) is 10.2. The molecule has 1 aromatic heterocycles. The van der Waals surface area contributed by atoms with Gasteiger partial charge in [0.2, 0.25) is 0 Å². The van der Waals surface area contributed by atoms with Crippen LogP contribution < -0.4 is 0 Å². The zero-order valence-electron chi connectivity index (χ0n) is 8.38. The summed E-state index contributed by atoms with van der Waals surface area (Å²) in [6, 6.07) is 0.931. The molecule has 0 bridgehead atoms. The summed E-state index contributed by atoms with van der Waals surface area (Å²) in [6.07, 6.45) is 1.33. The van der Waals surface area contributed by atoms with Crippen molar-refractivity contribution in [3.05, 3.63) is 27.5 Å². The number of halogens is 1. The third kappa shape index (κ3) is 2.67. The average Bonchev–Trinajstić information content (AvgIpc) is 2.17. The van der Waals surface area contributed by atoms with Gasteiger partial charge in [-0.25, -0.2) is 13.4 Å². The van der Waals surface area contributed by atoms with Gasteiger partial charge in [-0.1, -0.05) is 18.5 Å². The van der Waals surface area contributed by atoms with Crippen LogP contribution in [0, 0.1) is 10.1 Å². The van der Waals surface area contributed by atoms with E-state index >= 15 is 0 Å². The maximum Gasteiger partial charge on any atom is 0.288 e. The number of hydrogen-bond donors (Lipinski definition) is 0. The van der Waals surface area contributed by atoms with Gasteiger partial charge in [-0.15, -0.1) is 0 Å². The van der Waals surface area contributed by atoms with E-state index in [0.717, 1.165) is 12.3 Å². The first-order valence-corrected chi connectivity index (χ1v) is 6.44. The van der Waals surface area contributed by atoms with Gasteiger partial charge in [0.1, 0.15) is 16.2 Å². The van der Waals surface area contributed by atoms with Crippen molar-refractivity contribution < 1.29 is 13.3 Å². The molecule has 16 heavy (non-hydrogen) atoms. The molecular formula is C8H9ClN2O4S. The van der Waals surface area contributed by atoms with Crippen LogP contribution in [0.1, 0.15) is 13.3 Å².